The Kier molecular flexibility index (Phi) is 12.9. The number of amides is 3. The SMILES string of the molecule is Cn1nc(C2CCC(=O)NC2=O)c2cccc(C#CCO[C@@H]3CCN(C[C@H]4CC[C@H](n5cc(NC(=O)c6cnn7ccc(N8CCO[C@@H](CO)C8)nc67)c(C(F)F)n5)CC4)C[SH]3F)c21. The molecule has 1 saturated carbocycles. The van der Waals surface area contributed by atoms with Gasteiger partial charge < -0.3 is 24.8 Å². The van der Waals surface area contributed by atoms with Crippen molar-refractivity contribution in [3.8, 4) is 11.8 Å². The maximum Gasteiger partial charge on any atom is 0.284 e. The average Bonchev–Trinajstić information content (AvgIpc) is 4.01. The molecule has 4 atom stereocenters. The number of piperidine rings is 1. The molecule has 4 aromatic heterocycles. The summed E-state index contributed by atoms with van der Waals surface area (Å²) in [5.41, 5.74) is 1.37. The first kappa shape index (κ1) is 43.7. The van der Waals surface area contributed by atoms with Crippen LogP contribution >= 0.6 is 11.3 Å². The highest BCUT2D eigenvalue weighted by atomic mass is 32.2. The van der Waals surface area contributed by atoms with Gasteiger partial charge in [-0.15, -0.1) is 0 Å². The number of aliphatic hydroxyl groups is 1. The summed E-state index contributed by atoms with van der Waals surface area (Å²) in [5.74, 6) is 5.60. The van der Waals surface area contributed by atoms with Gasteiger partial charge >= 0.3 is 0 Å². The lowest BCUT2D eigenvalue weighted by Crippen LogP contribution is -2.44. The van der Waals surface area contributed by atoms with Gasteiger partial charge in [0.15, 0.2) is 11.3 Å². The Bertz CT molecular complexity index is 2600. The molecule has 9 rings (SSSR count). The number of hydrogen-bond donors (Lipinski definition) is 4. The monoisotopic (exact) mass is 905 g/mol. The summed E-state index contributed by atoms with van der Waals surface area (Å²) in [7, 11) is 1.79. The average molecular weight is 906 g/mol. The lowest BCUT2D eigenvalue weighted by atomic mass is 9.86. The molecule has 17 nitrogen and oxygen atoms in total. The van der Waals surface area contributed by atoms with Gasteiger partial charge in [-0.1, -0.05) is 35.3 Å². The van der Waals surface area contributed by atoms with Gasteiger partial charge in [0.1, 0.15) is 23.4 Å². The molecule has 3 N–H and O–H groups in total. The molecule has 64 heavy (non-hydrogen) atoms. The zero-order valence-electron chi connectivity index (χ0n) is 35.2. The lowest BCUT2D eigenvalue weighted by Gasteiger charge is -2.39. The summed E-state index contributed by atoms with van der Waals surface area (Å²) in [6.45, 7) is 2.75. The lowest BCUT2D eigenvalue weighted by molar-refractivity contribution is -0.134. The largest absolute Gasteiger partial charge is 0.394 e. The van der Waals surface area contributed by atoms with E-state index in [4.69, 9.17) is 9.47 Å². The van der Waals surface area contributed by atoms with Crippen molar-refractivity contribution >= 4 is 57.1 Å². The first-order valence-electron chi connectivity index (χ1n) is 21.6. The van der Waals surface area contributed by atoms with Crippen LogP contribution in [0.2, 0.25) is 0 Å². The van der Waals surface area contributed by atoms with E-state index in [9.17, 15) is 28.3 Å². The number of thiol groups is 1. The highest BCUT2D eigenvalue weighted by Gasteiger charge is 2.34. The van der Waals surface area contributed by atoms with E-state index in [0.29, 0.717) is 80.8 Å². The Morgan fingerprint density at radius 2 is 1.97 bits per heavy atom. The van der Waals surface area contributed by atoms with Crippen LogP contribution in [0.1, 0.15) is 90.6 Å². The second-order valence-electron chi connectivity index (χ2n) is 16.8. The minimum absolute atomic E-state index is 0.0684. The number of rotatable bonds is 11. The van der Waals surface area contributed by atoms with E-state index in [-0.39, 0.29) is 60.5 Å². The van der Waals surface area contributed by atoms with E-state index in [1.807, 2.05) is 23.1 Å². The number of hydrogen-bond acceptors (Lipinski definition) is 12. The van der Waals surface area contributed by atoms with E-state index >= 15 is 3.89 Å². The quantitative estimate of drug-likeness (QED) is 0.0834. The van der Waals surface area contributed by atoms with Gasteiger partial charge in [0.05, 0.1) is 65.8 Å². The Morgan fingerprint density at radius 1 is 1.12 bits per heavy atom. The molecule has 3 amide bonds. The van der Waals surface area contributed by atoms with Crippen molar-refractivity contribution in [2.75, 3.05) is 62.1 Å². The number of aliphatic hydroxyl groups excluding tert-OH is 1. The number of imide groups is 1. The van der Waals surface area contributed by atoms with Gasteiger partial charge in [0.25, 0.3) is 12.3 Å². The predicted octanol–water partition coefficient (Wildman–Crippen LogP) is 4.39. The second-order valence-corrected chi connectivity index (χ2v) is 18.4. The number of aryl methyl sites for hydroxylation is 1. The molecule has 0 spiro atoms. The Labute approximate surface area is 369 Å². The van der Waals surface area contributed by atoms with E-state index in [0.717, 1.165) is 30.3 Å². The van der Waals surface area contributed by atoms with Gasteiger partial charge in [-0.2, -0.15) is 19.2 Å². The van der Waals surface area contributed by atoms with Crippen LogP contribution in [0, 0.1) is 17.8 Å². The number of para-hydroxylation sites is 1. The molecule has 2 unspecified atom stereocenters. The van der Waals surface area contributed by atoms with Crippen molar-refractivity contribution in [1.29, 1.82) is 0 Å². The number of nitrogens with one attached hydrogen (secondary N) is 2. The van der Waals surface area contributed by atoms with Crippen molar-refractivity contribution < 1.29 is 41.6 Å². The van der Waals surface area contributed by atoms with Gasteiger partial charge in [-0.3, -0.25) is 34.0 Å². The molecule has 4 fully saturated rings. The molecular formula is C43H50F3N11O6S. The Hall–Kier alpha value is -5.53. The number of nitrogens with zero attached hydrogens (tertiary/aromatic N) is 9. The first-order valence-corrected chi connectivity index (χ1v) is 23.1. The molecule has 3 saturated heterocycles. The van der Waals surface area contributed by atoms with Crippen LogP contribution in [-0.4, -0.2) is 125 Å². The highest BCUT2D eigenvalue weighted by Crippen LogP contribution is 2.42. The third kappa shape index (κ3) is 9.19. The van der Waals surface area contributed by atoms with Gasteiger partial charge in [0.2, 0.25) is 11.8 Å². The number of alkyl halides is 2. The zero-order chi connectivity index (χ0) is 44.5. The van der Waals surface area contributed by atoms with Crippen LogP contribution in [0.5, 0.6) is 0 Å². The van der Waals surface area contributed by atoms with Crippen LogP contribution in [0.3, 0.4) is 0 Å². The highest BCUT2D eigenvalue weighted by molar-refractivity contribution is 8.12. The van der Waals surface area contributed by atoms with E-state index in [2.05, 4.69) is 47.7 Å². The zero-order valence-corrected chi connectivity index (χ0v) is 36.1. The van der Waals surface area contributed by atoms with Crippen molar-refractivity contribution in [2.45, 2.75) is 74.9 Å². The summed E-state index contributed by atoms with van der Waals surface area (Å²) < 4.78 is 60.3. The number of ether oxygens (including phenoxy) is 2. The third-order valence-electron chi connectivity index (χ3n) is 12.6. The van der Waals surface area contributed by atoms with Crippen molar-refractivity contribution in [1.82, 2.24) is 44.4 Å². The number of fused-ring (bicyclic) bond motifs is 2. The normalized spacial score (nSPS) is 25.1. The smallest absolute Gasteiger partial charge is 0.284 e. The van der Waals surface area contributed by atoms with Crippen molar-refractivity contribution in [3.63, 3.8) is 0 Å². The molecule has 7 heterocycles. The van der Waals surface area contributed by atoms with Crippen LogP contribution in [0.25, 0.3) is 16.6 Å². The number of halogens is 3. The predicted molar refractivity (Wildman–Crippen MR) is 232 cm³/mol. The minimum atomic E-state index is -2.92. The van der Waals surface area contributed by atoms with E-state index in [1.54, 1.807) is 24.0 Å². The number of aromatic nitrogens is 7. The summed E-state index contributed by atoms with van der Waals surface area (Å²) >= 11 is -1.91. The molecule has 0 bridgehead atoms. The van der Waals surface area contributed by atoms with Crippen LogP contribution < -0.4 is 15.5 Å². The molecule has 1 aliphatic carbocycles. The fourth-order valence-corrected chi connectivity index (χ4v) is 10.7. The maximum absolute atomic E-state index is 15.5. The fraction of sp³-hybridized carbons (Fsp3) is 0.512. The third-order valence-corrected chi connectivity index (χ3v) is 14.3. The van der Waals surface area contributed by atoms with Crippen LogP contribution in [0.15, 0.2) is 42.9 Å². The standard InChI is InChI=1S/C43H50F3N11O6S/c1-53-39-27(4-2-6-30(39)37(51-53)31-11-12-35(59)50-42(31)60)5-3-18-63-36-14-15-54(25-64(36)46)21-26-7-9-28(10-8-26)57-23-33(38(52-57)40(44)45)48-43(61)32-20-47-56-16-13-34(49-41(32)56)55-17-19-62-29(22-55)24-58/h2,4,6,13,16,20,23,26,28-29,31,36,40,58,64H,7-12,14-15,17-19,21-22,24-25H2,1H3,(H,48,61)(H,50,59,60)/t26-,28-,29-,31?,36+/m1/s1. The minimum Gasteiger partial charge on any atom is -0.394 e. The van der Waals surface area contributed by atoms with Crippen molar-refractivity contribution in [3.05, 3.63) is 65.4 Å². The summed E-state index contributed by atoms with van der Waals surface area (Å²) in [6.07, 6.45) is 5.47. The molecule has 4 aliphatic rings. The fourth-order valence-electron chi connectivity index (χ4n) is 9.28. The van der Waals surface area contributed by atoms with Crippen LogP contribution in [0.4, 0.5) is 24.2 Å². The number of anilines is 2. The van der Waals surface area contributed by atoms with Gasteiger partial charge in [0, 0.05) is 57.4 Å². The first-order chi connectivity index (χ1) is 31.0. The summed E-state index contributed by atoms with van der Waals surface area (Å²) in [4.78, 5) is 46.5. The molecule has 21 heteroatoms. The van der Waals surface area contributed by atoms with Gasteiger partial charge in [-0.05, 0) is 56.6 Å². The molecular weight excluding hydrogens is 856 g/mol. The maximum atomic E-state index is 15.5. The molecule has 1 aromatic carbocycles. The topological polar surface area (TPSA) is 186 Å². The van der Waals surface area contributed by atoms with Gasteiger partial charge in [-0.25, -0.2) is 18.3 Å². The number of carbonyl (C=O) groups is 3. The van der Waals surface area contributed by atoms with Crippen molar-refractivity contribution in [2.24, 2.45) is 13.0 Å². The van der Waals surface area contributed by atoms with Crippen LogP contribution in [-0.2, 0) is 26.1 Å². The molecule has 340 valence electrons. The van der Waals surface area contributed by atoms with E-state index in [1.165, 1.54) is 21.6 Å². The molecule has 0 radical (unpaired) electrons. The number of benzene rings is 1. The second kappa shape index (κ2) is 18.9. The summed E-state index contributed by atoms with van der Waals surface area (Å²) in [5, 5.41) is 28.5. The summed E-state index contributed by atoms with van der Waals surface area (Å²) in [6, 6.07) is 7.24. The Morgan fingerprint density at radius 3 is 2.75 bits per heavy atom. The molecule has 3 aliphatic heterocycles. The number of carbonyl (C=O) groups excluding carboxylic acids is 3. The number of morpholine rings is 1. The molecule has 5 aromatic rings. The van der Waals surface area contributed by atoms with E-state index < -0.39 is 40.7 Å². The Balaban J connectivity index is 0.756.